The molecule has 0 unspecified atom stereocenters. The third-order valence-corrected chi connectivity index (χ3v) is 5.05. The Hall–Kier alpha value is -1.91. The van der Waals surface area contributed by atoms with Gasteiger partial charge in [0, 0.05) is 25.6 Å². The number of nitrogens with one attached hydrogen (secondary N) is 1. The lowest BCUT2D eigenvalue weighted by Gasteiger charge is -2.40. The molecule has 134 valence electrons. The van der Waals surface area contributed by atoms with Crippen molar-refractivity contribution in [2.45, 2.75) is 32.1 Å². The maximum Gasteiger partial charge on any atom is 0.147 e. The van der Waals surface area contributed by atoms with Gasteiger partial charge < -0.3 is 14.8 Å². The largest absolute Gasteiger partial charge is 0.457 e. The molecule has 4 heteroatoms. The van der Waals surface area contributed by atoms with Crippen molar-refractivity contribution in [1.29, 1.82) is 0 Å². The smallest absolute Gasteiger partial charge is 0.147 e. The Balaban J connectivity index is 1.88. The monoisotopic (exact) mass is 341 g/mol. The Morgan fingerprint density at radius 1 is 1.20 bits per heavy atom. The summed E-state index contributed by atoms with van der Waals surface area (Å²) in [5.74, 6) is 1.90. The standard InChI is InChI=1S/C21H27NO3/c1-24-15-12-20(23)21(13-7-14-22-16-21)18-10-5-6-11-19(18)25-17-8-3-2-4-9-17/h2-4,8-11,22H,5-7,12-16H2,1H3/t21-/m0/s1. The highest BCUT2D eigenvalue weighted by atomic mass is 16.5. The molecule has 1 aliphatic heterocycles. The van der Waals surface area contributed by atoms with Gasteiger partial charge in [0.15, 0.2) is 0 Å². The molecule has 1 aromatic rings. The minimum absolute atomic E-state index is 0.247. The summed E-state index contributed by atoms with van der Waals surface area (Å²) in [7, 11) is 1.64. The van der Waals surface area contributed by atoms with Gasteiger partial charge in [0.2, 0.25) is 0 Å². The number of carbonyl (C=O) groups excluding carboxylic acids is 1. The highest BCUT2D eigenvalue weighted by molar-refractivity contribution is 5.89. The van der Waals surface area contributed by atoms with E-state index in [1.807, 2.05) is 30.3 Å². The maximum atomic E-state index is 13.1. The summed E-state index contributed by atoms with van der Waals surface area (Å²) in [6, 6.07) is 9.80. The number of rotatable bonds is 7. The first kappa shape index (κ1) is 17.9. The molecule has 25 heavy (non-hydrogen) atoms. The van der Waals surface area contributed by atoms with Crippen molar-refractivity contribution in [3.05, 3.63) is 53.8 Å². The van der Waals surface area contributed by atoms with Crippen molar-refractivity contribution >= 4 is 5.78 Å². The molecule has 0 aromatic heterocycles. The van der Waals surface area contributed by atoms with Crippen molar-refractivity contribution in [2.75, 3.05) is 26.8 Å². The first-order valence-electron chi connectivity index (χ1n) is 9.13. The molecule has 2 aliphatic rings. The second-order valence-electron chi connectivity index (χ2n) is 6.71. The van der Waals surface area contributed by atoms with Gasteiger partial charge in [0.1, 0.15) is 17.3 Å². The van der Waals surface area contributed by atoms with Gasteiger partial charge >= 0.3 is 0 Å². The lowest BCUT2D eigenvalue weighted by molar-refractivity contribution is -0.128. The van der Waals surface area contributed by atoms with Crippen LogP contribution in [0.25, 0.3) is 0 Å². The number of hydrogen-bond donors (Lipinski definition) is 1. The Labute approximate surface area is 149 Å². The number of ketones is 1. The predicted molar refractivity (Wildman–Crippen MR) is 98.5 cm³/mol. The van der Waals surface area contributed by atoms with Crippen LogP contribution in [0.3, 0.4) is 0 Å². The Bertz CT molecular complexity index is 642. The zero-order valence-corrected chi connectivity index (χ0v) is 14.9. The fraction of sp³-hybridized carbons (Fsp3) is 0.476. The third-order valence-electron chi connectivity index (χ3n) is 5.05. The first-order valence-corrected chi connectivity index (χ1v) is 9.13. The molecule has 3 rings (SSSR count). The molecule has 1 aliphatic carbocycles. The van der Waals surface area contributed by atoms with E-state index in [4.69, 9.17) is 9.47 Å². The maximum absolute atomic E-state index is 13.1. The molecular weight excluding hydrogens is 314 g/mol. The molecule has 1 N–H and O–H groups in total. The third kappa shape index (κ3) is 4.02. The lowest BCUT2D eigenvalue weighted by Crippen LogP contribution is -2.48. The minimum Gasteiger partial charge on any atom is -0.457 e. The molecule has 1 fully saturated rings. The molecule has 0 saturated carbocycles. The van der Waals surface area contributed by atoms with Crippen molar-refractivity contribution in [3.63, 3.8) is 0 Å². The average molecular weight is 341 g/mol. The van der Waals surface area contributed by atoms with Gasteiger partial charge in [0.05, 0.1) is 12.0 Å². The normalized spacial score (nSPS) is 23.6. The van der Waals surface area contributed by atoms with Gasteiger partial charge in [-0.05, 0) is 50.4 Å². The van der Waals surface area contributed by atoms with Gasteiger partial charge in [-0.2, -0.15) is 0 Å². The van der Waals surface area contributed by atoms with Crippen molar-refractivity contribution in [3.8, 4) is 5.75 Å². The second-order valence-corrected chi connectivity index (χ2v) is 6.71. The number of ether oxygens (including phenoxy) is 2. The van der Waals surface area contributed by atoms with Crippen LogP contribution in [0.1, 0.15) is 32.1 Å². The van der Waals surface area contributed by atoms with E-state index >= 15 is 0 Å². The number of allylic oxidation sites excluding steroid dienone is 3. The second kappa shape index (κ2) is 8.45. The van der Waals surface area contributed by atoms with E-state index in [2.05, 4.69) is 17.5 Å². The summed E-state index contributed by atoms with van der Waals surface area (Å²) in [5.41, 5.74) is 0.550. The minimum atomic E-state index is -0.502. The van der Waals surface area contributed by atoms with Gasteiger partial charge in [0.25, 0.3) is 0 Å². The van der Waals surface area contributed by atoms with Gasteiger partial charge in [-0.3, -0.25) is 4.79 Å². The van der Waals surface area contributed by atoms with E-state index in [0.717, 1.165) is 49.3 Å². The Morgan fingerprint density at radius 3 is 2.72 bits per heavy atom. The van der Waals surface area contributed by atoms with E-state index in [1.165, 1.54) is 0 Å². The number of carbonyl (C=O) groups is 1. The van der Waals surface area contributed by atoms with E-state index in [0.29, 0.717) is 19.6 Å². The van der Waals surface area contributed by atoms with E-state index in [-0.39, 0.29) is 5.78 Å². The highest BCUT2D eigenvalue weighted by Gasteiger charge is 2.44. The van der Waals surface area contributed by atoms with Crippen molar-refractivity contribution < 1.29 is 14.3 Å². The van der Waals surface area contributed by atoms with Crippen molar-refractivity contribution in [1.82, 2.24) is 5.32 Å². The molecular formula is C21H27NO3. The molecule has 4 nitrogen and oxygen atoms in total. The SMILES string of the molecule is COCCC(=O)[C@@]1(C2=CCCC=C2Oc2ccccc2)CCCNC1. The zero-order chi connectivity index (χ0) is 17.5. The van der Waals surface area contributed by atoms with Crippen LogP contribution in [-0.2, 0) is 9.53 Å². The molecule has 0 spiro atoms. The fourth-order valence-electron chi connectivity index (χ4n) is 3.75. The Kier molecular flexibility index (Phi) is 6.05. The predicted octanol–water partition coefficient (Wildman–Crippen LogP) is 3.64. The number of para-hydroxylation sites is 1. The highest BCUT2D eigenvalue weighted by Crippen LogP contribution is 2.42. The van der Waals surface area contributed by atoms with Gasteiger partial charge in [-0.25, -0.2) is 0 Å². The zero-order valence-electron chi connectivity index (χ0n) is 14.9. The number of benzene rings is 1. The van der Waals surface area contributed by atoms with E-state index < -0.39 is 5.41 Å². The van der Waals surface area contributed by atoms with Crippen LogP contribution < -0.4 is 10.1 Å². The molecule has 1 atom stereocenters. The molecule has 1 heterocycles. The lowest BCUT2D eigenvalue weighted by atomic mass is 9.68. The molecule has 0 radical (unpaired) electrons. The number of piperidine rings is 1. The summed E-state index contributed by atoms with van der Waals surface area (Å²) < 4.78 is 11.3. The molecule has 1 saturated heterocycles. The summed E-state index contributed by atoms with van der Waals surface area (Å²) in [5, 5.41) is 3.43. The average Bonchev–Trinajstić information content (AvgIpc) is 2.68. The topological polar surface area (TPSA) is 47.6 Å². The van der Waals surface area contributed by atoms with Crippen LogP contribution in [0.5, 0.6) is 5.75 Å². The number of hydrogen-bond acceptors (Lipinski definition) is 4. The summed E-state index contributed by atoms with van der Waals surface area (Å²) in [6.07, 6.45) is 8.53. The fourth-order valence-corrected chi connectivity index (χ4v) is 3.75. The van der Waals surface area contributed by atoms with Gasteiger partial charge in [-0.1, -0.05) is 24.3 Å². The first-order chi connectivity index (χ1) is 12.3. The summed E-state index contributed by atoms with van der Waals surface area (Å²) in [4.78, 5) is 13.1. The van der Waals surface area contributed by atoms with Crippen LogP contribution >= 0.6 is 0 Å². The summed E-state index contributed by atoms with van der Waals surface area (Å²) >= 11 is 0. The van der Waals surface area contributed by atoms with E-state index in [1.54, 1.807) is 7.11 Å². The summed E-state index contributed by atoms with van der Waals surface area (Å²) in [6.45, 7) is 2.11. The number of Topliss-reactive ketones (excluding diaryl/α,β-unsaturated/α-hetero) is 1. The van der Waals surface area contributed by atoms with Crippen LogP contribution in [-0.4, -0.2) is 32.6 Å². The quantitative estimate of drug-likeness (QED) is 0.822. The van der Waals surface area contributed by atoms with Crippen molar-refractivity contribution in [2.24, 2.45) is 5.41 Å². The van der Waals surface area contributed by atoms with Crippen LogP contribution in [0.2, 0.25) is 0 Å². The molecule has 0 bridgehead atoms. The molecule has 1 aromatic carbocycles. The van der Waals surface area contributed by atoms with E-state index in [9.17, 15) is 4.79 Å². The number of methoxy groups -OCH3 is 1. The Morgan fingerprint density at radius 2 is 2.00 bits per heavy atom. The van der Waals surface area contributed by atoms with Crippen LogP contribution in [0, 0.1) is 5.41 Å². The van der Waals surface area contributed by atoms with Crippen LogP contribution in [0.15, 0.2) is 53.8 Å². The van der Waals surface area contributed by atoms with Gasteiger partial charge in [-0.15, -0.1) is 0 Å². The van der Waals surface area contributed by atoms with Crippen LogP contribution in [0.4, 0.5) is 0 Å². The molecule has 0 amide bonds.